The summed E-state index contributed by atoms with van der Waals surface area (Å²) in [6.07, 6.45) is -1.31. The van der Waals surface area contributed by atoms with E-state index in [9.17, 15) is 26.7 Å². The number of pyridine rings is 1. The zero-order valence-corrected chi connectivity index (χ0v) is 18.4. The molecule has 3 aromatic rings. The molecule has 2 heterocycles. The smallest absolute Gasteiger partial charge is 0.261 e. The van der Waals surface area contributed by atoms with Gasteiger partial charge in [0.15, 0.2) is 23.3 Å². The number of halogens is 6. The Hall–Kier alpha value is -2.76. The van der Waals surface area contributed by atoms with Crippen LogP contribution in [-0.2, 0) is 0 Å². The van der Waals surface area contributed by atoms with Crippen LogP contribution in [0.3, 0.4) is 0 Å². The molecule has 1 aliphatic carbocycles. The van der Waals surface area contributed by atoms with Gasteiger partial charge in [0.05, 0.1) is 23.1 Å². The first kappa shape index (κ1) is 22.4. The minimum absolute atomic E-state index is 0.00590. The van der Waals surface area contributed by atoms with E-state index in [0.29, 0.717) is 15.6 Å². The lowest BCUT2D eigenvalue weighted by atomic mass is 10.1. The molecule has 1 fully saturated rings. The van der Waals surface area contributed by atoms with Crippen LogP contribution in [0, 0.1) is 17.5 Å². The van der Waals surface area contributed by atoms with E-state index in [1.165, 1.54) is 0 Å². The summed E-state index contributed by atoms with van der Waals surface area (Å²) in [6, 6.07) is 2.30. The molecule has 0 radical (unpaired) electrons. The van der Waals surface area contributed by atoms with Gasteiger partial charge >= 0.3 is 0 Å². The first-order chi connectivity index (χ1) is 15.0. The van der Waals surface area contributed by atoms with Gasteiger partial charge in [-0.25, -0.2) is 31.9 Å². The van der Waals surface area contributed by atoms with Crippen LogP contribution in [0.15, 0.2) is 23.1 Å². The first-order valence-electron chi connectivity index (χ1n) is 9.62. The lowest BCUT2D eigenvalue weighted by Gasteiger charge is -2.18. The molecule has 6 nitrogen and oxygen atoms in total. The Bertz CT molecular complexity index is 1230. The molecule has 1 saturated carbocycles. The van der Waals surface area contributed by atoms with Crippen molar-refractivity contribution in [3.05, 3.63) is 46.1 Å². The number of nitrogens with one attached hydrogen (secondary N) is 2. The Kier molecular flexibility index (Phi) is 5.60. The van der Waals surface area contributed by atoms with Gasteiger partial charge in [0.25, 0.3) is 12.3 Å². The number of rotatable bonds is 6. The molecule has 2 N–H and O–H groups in total. The fourth-order valence-electron chi connectivity index (χ4n) is 3.32. The number of aromatic nitrogens is 3. The second-order valence-electron chi connectivity index (χ2n) is 7.86. The normalized spacial score (nSPS) is 14.9. The SMILES string of the molecule is CC(C)n1cnc2cc(Br)nc(Nc3cc(C(=O)NC4(C(F)F)CC4)c(F)c(F)c3F)c21. The van der Waals surface area contributed by atoms with Crippen molar-refractivity contribution in [1.29, 1.82) is 0 Å². The van der Waals surface area contributed by atoms with Crippen LogP contribution >= 0.6 is 15.9 Å². The maximum Gasteiger partial charge on any atom is 0.261 e. The summed E-state index contributed by atoms with van der Waals surface area (Å²) in [6.45, 7) is 3.76. The first-order valence-corrected chi connectivity index (χ1v) is 10.4. The number of nitrogens with zero attached hydrogens (tertiary/aromatic N) is 3. The summed E-state index contributed by atoms with van der Waals surface area (Å²) in [5.74, 6) is -6.45. The molecule has 4 rings (SSSR count). The molecule has 1 aliphatic rings. The topological polar surface area (TPSA) is 71.8 Å². The van der Waals surface area contributed by atoms with Crippen molar-refractivity contribution in [2.75, 3.05) is 5.32 Å². The average molecular weight is 518 g/mol. The summed E-state index contributed by atoms with van der Waals surface area (Å²) in [7, 11) is 0. The number of fused-ring (bicyclic) bond motifs is 1. The number of alkyl halides is 2. The van der Waals surface area contributed by atoms with Crippen molar-refractivity contribution in [2.45, 2.75) is 44.7 Å². The molecule has 170 valence electrons. The monoisotopic (exact) mass is 517 g/mol. The van der Waals surface area contributed by atoms with Crippen LogP contribution in [0.4, 0.5) is 33.5 Å². The molecule has 1 amide bonds. The van der Waals surface area contributed by atoms with Crippen molar-refractivity contribution < 1.29 is 26.7 Å². The molecular weight excluding hydrogens is 501 g/mol. The number of hydrogen-bond donors (Lipinski definition) is 2. The second kappa shape index (κ2) is 7.98. The van der Waals surface area contributed by atoms with Gasteiger partial charge in [0.1, 0.15) is 15.7 Å². The van der Waals surface area contributed by atoms with Crippen molar-refractivity contribution in [1.82, 2.24) is 19.9 Å². The van der Waals surface area contributed by atoms with E-state index >= 15 is 0 Å². The molecule has 0 unspecified atom stereocenters. The Morgan fingerprint density at radius 3 is 2.44 bits per heavy atom. The predicted octanol–water partition coefficient (Wildman–Crippen LogP) is 5.46. The predicted molar refractivity (Wildman–Crippen MR) is 111 cm³/mol. The van der Waals surface area contributed by atoms with E-state index in [-0.39, 0.29) is 24.7 Å². The van der Waals surface area contributed by atoms with E-state index in [1.807, 2.05) is 19.2 Å². The third-order valence-electron chi connectivity index (χ3n) is 5.29. The molecule has 0 aliphatic heterocycles. The maximum atomic E-state index is 14.6. The number of imidazole rings is 1. The molecule has 0 spiro atoms. The number of carbonyl (C=O) groups is 1. The lowest BCUT2D eigenvalue weighted by molar-refractivity contribution is 0.0676. The fraction of sp³-hybridized carbons (Fsp3) is 0.350. The number of hydrogen-bond acceptors (Lipinski definition) is 4. The Morgan fingerprint density at radius 1 is 1.16 bits per heavy atom. The molecule has 32 heavy (non-hydrogen) atoms. The maximum absolute atomic E-state index is 14.6. The minimum Gasteiger partial charge on any atom is -0.341 e. The summed E-state index contributed by atoms with van der Waals surface area (Å²) >= 11 is 3.22. The van der Waals surface area contributed by atoms with Crippen LogP contribution in [0.2, 0.25) is 0 Å². The zero-order chi connectivity index (χ0) is 23.4. The van der Waals surface area contributed by atoms with Gasteiger partial charge in [0, 0.05) is 6.04 Å². The molecule has 0 atom stereocenters. The lowest BCUT2D eigenvalue weighted by Crippen LogP contribution is -2.42. The van der Waals surface area contributed by atoms with Gasteiger partial charge in [0.2, 0.25) is 0 Å². The highest BCUT2D eigenvalue weighted by Gasteiger charge is 2.52. The molecule has 2 aromatic heterocycles. The number of benzene rings is 1. The largest absolute Gasteiger partial charge is 0.341 e. The van der Waals surface area contributed by atoms with Gasteiger partial charge in [-0.2, -0.15) is 0 Å². The van der Waals surface area contributed by atoms with Crippen molar-refractivity contribution in [2.24, 2.45) is 0 Å². The average Bonchev–Trinajstić information content (AvgIpc) is 3.38. The quantitative estimate of drug-likeness (QED) is 0.258. The third-order valence-corrected chi connectivity index (χ3v) is 5.70. The highest BCUT2D eigenvalue weighted by atomic mass is 79.9. The summed E-state index contributed by atoms with van der Waals surface area (Å²) in [5.41, 5.74) is -2.30. The second-order valence-corrected chi connectivity index (χ2v) is 8.67. The minimum atomic E-state index is -2.87. The summed E-state index contributed by atoms with van der Waals surface area (Å²) < 4.78 is 71.6. The van der Waals surface area contributed by atoms with Crippen molar-refractivity contribution >= 4 is 44.4 Å². The van der Waals surface area contributed by atoms with E-state index in [0.717, 1.165) is 6.07 Å². The molecule has 12 heteroatoms. The van der Waals surface area contributed by atoms with Gasteiger partial charge in [-0.3, -0.25) is 4.79 Å². The van der Waals surface area contributed by atoms with Gasteiger partial charge in [-0.15, -0.1) is 0 Å². The molecular formula is C20H17BrF5N5O. The van der Waals surface area contributed by atoms with E-state index in [2.05, 4.69) is 31.2 Å². The molecule has 0 bridgehead atoms. The van der Waals surface area contributed by atoms with Gasteiger partial charge in [-0.05, 0) is 54.8 Å². The number of carbonyl (C=O) groups excluding carboxylic acids is 1. The van der Waals surface area contributed by atoms with Gasteiger partial charge in [-0.1, -0.05) is 0 Å². The van der Waals surface area contributed by atoms with Crippen LogP contribution in [-0.4, -0.2) is 32.4 Å². The number of amides is 1. The van der Waals surface area contributed by atoms with Crippen LogP contribution in [0.1, 0.15) is 43.1 Å². The zero-order valence-electron chi connectivity index (χ0n) is 16.8. The Balaban J connectivity index is 1.77. The third kappa shape index (κ3) is 3.80. The van der Waals surface area contributed by atoms with E-state index in [1.54, 1.807) is 17.0 Å². The highest BCUT2D eigenvalue weighted by molar-refractivity contribution is 9.10. The molecule has 1 aromatic carbocycles. The van der Waals surface area contributed by atoms with E-state index < -0.39 is 46.6 Å². The standard InChI is InChI=1S/C20H17BrF5N5O/c1-8(2)31-7-27-11-6-12(21)29-17(16(11)31)28-10-5-9(13(22)15(24)14(10)23)18(32)30-20(3-4-20)19(25)26/h5-8,19H,3-4H2,1-2H3,(H,28,29)(H,30,32). The van der Waals surface area contributed by atoms with Gasteiger partial charge < -0.3 is 15.2 Å². The summed E-state index contributed by atoms with van der Waals surface area (Å²) in [4.78, 5) is 20.9. The fourth-order valence-corrected chi connectivity index (χ4v) is 3.72. The summed E-state index contributed by atoms with van der Waals surface area (Å²) in [5, 5.41) is 4.63. The Morgan fingerprint density at radius 2 is 1.84 bits per heavy atom. The Labute approximate surface area is 187 Å². The molecule has 0 saturated heterocycles. The van der Waals surface area contributed by atoms with Crippen LogP contribution in [0.25, 0.3) is 11.0 Å². The highest BCUT2D eigenvalue weighted by Crippen LogP contribution is 2.41. The van der Waals surface area contributed by atoms with Crippen molar-refractivity contribution in [3.8, 4) is 0 Å². The van der Waals surface area contributed by atoms with Crippen LogP contribution in [0.5, 0.6) is 0 Å². The van der Waals surface area contributed by atoms with E-state index in [4.69, 9.17) is 0 Å². The van der Waals surface area contributed by atoms with Crippen LogP contribution < -0.4 is 10.6 Å². The number of anilines is 2. The van der Waals surface area contributed by atoms with Crippen molar-refractivity contribution in [3.63, 3.8) is 0 Å².